The maximum Gasteiger partial charge on any atom is 0.199 e. The first-order valence-electron chi connectivity index (χ1n) is 6.21. The molecule has 1 N–H and O–H groups in total. The molecule has 1 aromatic heterocycles. The van der Waals surface area contributed by atoms with Gasteiger partial charge in [-0.2, -0.15) is 5.10 Å². The van der Waals surface area contributed by atoms with E-state index in [0.29, 0.717) is 4.77 Å². The van der Waals surface area contributed by atoms with Crippen LogP contribution in [0, 0.1) is 4.77 Å². The second kappa shape index (κ2) is 5.73. The highest BCUT2D eigenvalue weighted by Crippen LogP contribution is 2.22. The lowest BCUT2D eigenvalue weighted by Gasteiger charge is -2.08. The standard InChI is InChI=1S/C15H12BrN3S/c16-12-8-4-5-9-13(12)19-14(17-18-15(19)20)10-11-6-2-1-3-7-11/h1-9H,10H2,(H,18,20). The lowest BCUT2D eigenvalue weighted by atomic mass is 10.1. The van der Waals surface area contributed by atoms with Crippen LogP contribution in [0.3, 0.4) is 0 Å². The minimum absolute atomic E-state index is 0.600. The number of H-pyrrole nitrogens is 1. The zero-order valence-electron chi connectivity index (χ0n) is 10.6. The Morgan fingerprint density at radius 2 is 1.75 bits per heavy atom. The molecule has 0 aliphatic rings. The number of nitrogens with one attached hydrogen (secondary N) is 1. The average Bonchev–Trinajstić information content (AvgIpc) is 2.82. The van der Waals surface area contributed by atoms with E-state index < -0.39 is 0 Å². The number of benzene rings is 2. The van der Waals surface area contributed by atoms with Crippen molar-refractivity contribution in [1.82, 2.24) is 14.8 Å². The molecule has 3 aromatic rings. The number of rotatable bonds is 3. The van der Waals surface area contributed by atoms with Crippen molar-refractivity contribution in [2.24, 2.45) is 0 Å². The smallest absolute Gasteiger partial charge is 0.199 e. The van der Waals surface area contributed by atoms with Crippen LogP contribution in [-0.4, -0.2) is 14.8 Å². The molecule has 5 heteroatoms. The Balaban J connectivity index is 2.07. The summed E-state index contributed by atoms with van der Waals surface area (Å²) in [6.07, 6.45) is 0.731. The van der Waals surface area contributed by atoms with Gasteiger partial charge < -0.3 is 0 Å². The van der Waals surface area contributed by atoms with Crippen molar-refractivity contribution in [2.45, 2.75) is 6.42 Å². The largest absolute Gasteiger partial charge is 0.271 e. The molecule has 3 rings (SSSR count). The van der Waals surface area contributed by atoms with Gasteiger partial charge >= 0.3 is 0 Å². The maximum absolute atomic E-state index is 5.35. The summed E-state index contributed by atoms with van der Waals surface area (Å²) in [6, 6.07) is 18.2. The quantitative estimate of drug-likeness (QED) is 0.718. The van der Waals surface area contributed by atoms with Crippen molar-refractivity contribution in [3.05, 3.63) is 75.2 Å². The highest BCUT2D eigenvalue weighted by Gasteiger charge is 2.11. The molecule has 0 unspecified atom stereocenters. The van der Waals surface area contributed by atoms with Gasteiger partial charge in [0, 0.05) is 10.9 Å². The van der Waals surface area contributed by atoms with Crippen molar-refractivity contribution in [3.63, 3.8) is 0 Å². The van der Waals surface area contributed by atoms with E-state index in [-0.39, 0.29) is 0 Å². The fourth-order valence-electron chi connectivity index (χ4n) is 2.11. The Morgan fingerprint density at radius 1 is 1.05 bits per heavy atom. The Labute approximate surface area is 130 Å². The molecule has 0 aliphatic heterocycles. The van der Waals surface area contributed by atoms with Crippen LogP contribution in [0.5, 0.6) is 0 Å². The maximum atomic E-state index is 5.35. The molecule has 0 bridgehead atoms. The lowest BCUT2D eigenvalue weighted by molar-refractivity contribution is 0.899. The van der Waals surface area contributed by atoms with Gasteiger partial charge in [0.15, 0.2) is 4.77 Å². The fourth-order valence-corrected chi connectivity index (χ4v) is 2.82. The summed E-state index contributed by atoms with van der Waals surface area (Å²) < 4.78 is 3.56. The van der Waals surface area contributed by atoms with E-state index in [1.807, 2.05) is 47.0 Å². The summed E-state index contributed by atoms with van der Waals surface area (Å²) in [7, 11) is 0. The van der Waals surface area contributed by atoms with Gasteiger partial charge in [-0.25, -0.2) is 0 Å². The molecule has 2 aromatic carbocycles. The Hall–Kier alpha value is -1.72. The van der Waals surface area contributed by atoms with Crippen molar-refractivity contribution in [3.8, 4) is 5.69 Å². The minimum Gasteiger partial charge on any atom is -0.271 e. The number of para-hydroxylation sites is 1. The number of nitrogens with zero attached hydrogens (tertiary/aromatic N) is 2. The normalized spacial score (nSPS) is 10.7. The van der Waals surface area contributed by atoms with E-state index in [4.69, 9.17) is 12.2 Å². The van der Waals surface area contributed by atoms with Crippen molar-refractivity contribution in [2.75, 3.05) is 0 Å². The van der Waals surface area contributed by atoms with Crippen LogP contribution in [0.2, 0.25) is 0 Å². The monoisotopic (exact) mass is 345 g/mol. The van der Waals surface area contributed by atoms with E-state index >= 15 is 0 Å². The van der Waals surface area contributed by atoms with E-state index in [9.17, 15) is 0 Å². The molecular formula is C15H12BrN3S. The molecule has 3 nitrogen and oxygen atoms in total. The number of aromatic nitrogens is 3. The van der Waals surface area contributed by atoms with Crippen LogP contribution in [0.25, 0.3) is 5.69 Å². The topological polar surface area (TPSA) is 33.6 Å². The molecule has 0 radical (unpaired) electrons. The van der Waals surface area contributed by atoms with Crippen LogP contribution in [0.15, 0.2) is 59.1 Å². The van der Waals surface area contributed by atoms with E-state index in [1.54, 1.807) is 0 Å². The highest BCUT2D eigenvalue weighted by atomic mass is 79.9. The first-order chi connectivity index (χ1) is 9.75. The molecule has 0 saturated carbocycles. The molecule has 100 valence electrons. The Bertz CT molecular complexity index is 777. The van der Waals surface area contributed by atoms with Crippen LogP contribution >= 0.6 is 28.1 Å². The molecule has 0 aliphatic carbocycles. The van der Waals surface area contributed by atoms with Crippen LogP contribution < -0.4 is 0 Å². The third kappa shape index (κ3) is 2.59. The minimum atomic E-state index is 0.600. The molecule has 0 saturated heterocycles. The lowest BCUT2D eigenvalue weighted by Crippen LogP contribution is -2.03. The van der Waals surface area contributed by atoms with Crippen molar-refractivity contribution < 1.29 is 0 Å². The average molecular weight is 346 g/mol. The summed E-state index contributed by atoms with van der Waals surface area (Å²) in [4.78, 5) is 0. The van der Waals surface area contributed by atoms with Gasteiger partial charge in [-0.05, 0) is 45.8 Å². The fraction of sp³-hybridized carbons (Fsp3) is 0.0667. The first-order valence-corrected chi connectivity index (χ1v) is 7.41. The molecule has 1 heterocycles. The van der Waals surface area contributed by atoms with Gasteiger partial charge in [0.2, 0.25) is 0 Å². The van der Waals surface area contributed by atoms with Crippen LogP contribution in [0.1, 0.15) is 11.4 Å². The van der Waals surface area contributed by atoms with Gasteiger partial charge in [0.1, 0.15) is 5.82 Å². The Kier molecular flexibility index (Phi) is 3.80. The van der Waals surface area contributed by atoms with Crippen LogP contribution in [-0.2, 0) is 6.42 Å². The van der Waals surface area contributed by atoms with Gasteiger partial charge in [-0.1, -0.05) is 42.5 Å². The third-order valence-corrected chi connectivity index (χ3v) is 3.98. The summed E-state index contributed by atoms with van der Waals surface area (Å²) in [5.74, 6) is 0.896. The van der Waals surface area contributed by atoms with Crippen molar-refractivity contribution >= 4 is 28.1 Å². The van der Waals surface area contributed by atoms with E-state index in [0.717, 1.165) is 22.4 Å². The summed E-state index contributed by atoms with van der Waals surface area (Å²) in [5, 5.41) is 7.23. The predicted octanol–water partition coefficient (Wildman–Crippen LogP) is 4.28. The van der Waals surface area contributed by atoms with E-state index in [1.165, 1.54) is 5.56 Å². The zero-order valence-corrected chi connectivity index (χ0v) is 13.0. The van der Waals surface area contributed by atoms with Gasteiger partial charge in [-0.3, -0.25) is 9.67 Å². The van der Waals surface area contributed by atoms with Crippen LogP contribution in [0.4, 0.5) is 0 Å². The number of hydrogen-bond acceptors (Lipinski definition) is 2. The zero-order chi connectivity index (χ0) is 13.9. The molecule has 0 amide bonds. The third-order valence-electron chi connectivity index (χ3n) is 3.04. The molecular weight excluding hydrogens is 334 g/mol. The summed E-state index contributed by atoms with van der Waals surface area (Å²) >= 11 is 8.92. The van der Waals surface area contributed by atoms with Gasteiger partial charge in [-0.15, -0.1) is 0 Å². The van der Waals surface area contributed by atoms with Gasteiger partial charge in [0.05, 0.1) is 5.69 Å². The number of hydrogen-bond donors (Lipinski definition) is 1. The molecule has 0 fully saturated rings. The first kappa shape index (κ1) is 13.3. The highest BCUT2D eigenvalue weighted by molar-refractivity contribution is 9.10. The summed E-state index contributed by atoms with van der Waals surface area (Å²) in [5.41, 5.74) is 2.20. The molecule has 0 atom stereocenters. The molecule has 0 spiro atoms. The molecule has 20 heavy (non-hydrogen) atoms. The van der Waals surface area contributed by atoms with Crippen molar-refractivity contribution in [1.29, 1.82) is 0 Å². The summed E-state index contributed by atoms with van der Waals surface area (Å²) in [6.45, 7) is 0. The second-order valence-electron chi connectivity index (χ2n) is 4.39. The Morgan fingerprint density at radius 3 is 2.50 bits per heavy atom. The predicted molar refractivity (Wildman–Crippen MR) is 85.7 cm³/mol. The SMILES string of the molecule is S=c1[nH]nc(Cc2ccccc2)n1-c1ccccc1Br. The number of halogens is 1. The number of aromatic amines is 1. The van der Waals surface area contributed by atoms with E-state index in [2.05, 4.69) is 38.3 Å². The second-order valence-corrected chi connectivity index (χ2v) is 5.64. The van der Waals surface area contributed by atoms with Gasteiger partial charge in [0.25, 0.3) is 0 Å².